The third-order valence-corrected chi connectivity index (χ3v) is 4.26. The molecule has 140 valence electrons. The number of hydrogen-bond donors (Lipinski definition) is 1. The number of carbonyl (C=O) groups is 1. The zero-order valence-electron chi connectivity index (χ0n) is 14.6. The Morgan fingerprint density at radius 2 is 1.92 bits per heavy atom. The number of nitrogens with zero attached hydrogens (tertiary/aromatic N) is 1. The lowest BCUT2D eigenvalue weighted by molar-refractivity contribution is -0.122. The van der Waals surface area contributed by atoms with Crippen LogP contribution in [0.4, 0.5) is 8.78 Å². The van der Waals surface area contributed by atoms with Crippen molar-refractivity contribution in [3.8, 4) is 5.75 Å². The summed E-state index contributed by atoms with van der Waals surface area (Å²) in [7, 11) is 1.86. The summed E-state index contributed by atoms with van der Waals surface area (Å²) in [5, 5.41) is 3.47. The Labute approximate surface area is 156 Å². The van der Waals surface area contributed by atoms with Gasteiger partial charge in [0.2, 0.25) is 5.91 Å². The fraction of sp³-hybridized carbons (Fsp3) is 0.316. The lowest BCUT2D eigenvalue weighted by atomic mass is 10.1. The second-order valence-electron chi connectivity index (χ2n) is 5.95. The molecule has 0 heterocycles. The van der Waals surface area contributed by atoms with Crippen molar-refractivity contribution in [1.29, 1.82) is 0 Å². The molecule has 1 unspecified atom stereocenters. The number of amides is 1. The van der Waals surface area contributed by atoms with Gasteiger partial charge in [-0.1, -0.05) is 35.9 Å². The van der Waals surface area contributed by atoms with Crippen molar-refractivity contribution >= 4 is 17.5 Å². The highest BCUT2D eigenvalue weighted by molar-refractivity contribution is 6.30. The molecule has 2 aromatic carbocycles. The van der Waals surface area contributed by atoms with Crippen LogP contribution in [-0.4, -0.2) is 31.0 Å². The van der Waals surface area contributed by atoms with Gasteiger partial charge in [-0.25, -0.2) is 0 Å². The monoisotopic (exact) mass is 382 g/mol. The van der Waals surface area contributed by atoms with Gasteiger partial charge in [0, 0.05) is 17.6 Å². The van der Waals surface area contributed by atoms with Gasteiger partial charge in [-0.3, -0.25) is 9.69 Å². The average Bonchev–Trinajstić information content (AvgIpc) is 2.60. The van der Waals surface area contributed by atoms with Crippen molar-refractivity contribution in [1.82, 2.24) is 10.2 Å². The molecular formula is C19H21ClF2N2O2. The van der Waals surface area contributed by atoms with E-state index in [1.807, 2.05) is 43.1 Å². The number of carbonyl (C=O) groups excluding carboxylic acids is 1. The molecule has 1 atom stereocenters. The van der Waals surface area contributed by atoms with Crippen LogP contribution in [0.3, 0.4) is 0 Å². The van der Waals surface area contributed by atoms with Crippen LogP contribution in [0.25, 0.3) is 0 Å². The van der Waals surface area contributed by atoms with E-state index < -0.39 is 6.61 Å². The van der Waals surface area contributed by atoms with Gasteiger partial charge in [-0.05, 0) is 49.4 Å². The molecule has 0 fully saturated rings. The number of rotatable bonds is 8. The number of alkyl halides is 2. The zero-order chi connectivity index (χ0) is 19.1. The molecule has 4 nitrogen and oxygen atoms in total. The molecule has 0 bridgehead atoms. The Hall–Kier alpha value is -2.18. The first kappa shape index (κ1) is 20.1. The van der Waals surface area contributed by atoms with E-state index in [-0.39, 0.29) is 24.2 Å². The second kappa shape index (κ2) is 9.50. The molecule has 0 spiro atoms. The van der Waals surface area contributed by atoms with Crippen LogP contribution in [0.15, 0.2) is 48.5 Å². The van der Waals surface area contributed by atoms with Crippen LogP contribution in [-0.2, 0) is 11.3 Å². The van der Waals surface area contributed by atoms with Crippen LogP contribution in [0, 0.1) is 0 Å². The van der Waals surface area contributed by atoms with Gasteiger partial charge in [0.1, 0.15) is 5.75 Å². The number of hydrogen-bond acceptors (Lipinski definition) is 3. The highest BCUT2D eigenvalue weighted by Crippen LogP contribution is 2.21. The minimum absolute atomic E-state index is 0.0326. The van der Waals surface area contributed by atoms with Crippen molar-refractivity contribution in [2.24, 2.45) is 0 Å². The first-order chi connectivity index (χ1) is 12.3. The number of ether oxygens (including phenoxy) is 1. The maximum absolute atomic E-state index is 12.1. The lowest BCUT2D eigenvalue weighted by Crippen LogP contribution is -2.36. The number of benzene rings is 2. The molecule has 0 aliphatic carbocycles. The van der Waals surface area contributed by atoms with Gasteiger partial charge in [-0.15, -0.1) is 0 Å². The van der Waals surface area contributed by atoms with Gasteiger partial charge in [0.25, 0.3) is 0 Å². The molecule has 1 amide bonds. The highest BCUT2D eigenvalue weighted by Gasteiger charge is 2.15. The fourth-order valence-corrected chi connectivity index (χ4v) is 2.63. The molecule has 0 aliphatic heterocycles. The van der Waals surface area contributed by atoms with Crippen LogP contribution in [0.2, 0.25) is 5.02 Å². The van der Waals surface area contributed by atoms with Crippen LogP contribution in [0.1, 0.15) is 24.1 Å². The van der Waals surface area contributed by atoms with Crippen molar-refractivity contribution in [3.05, 3.63) is 64.7 Å². The number of likely N-dealkylation sites (N-methyl/N-ethyl adjacent to an activating group) is 1. The van der Waals surface area contributed by atoms with E-state index in [1.54, 1.807) is 12.1 Å². The standard InChI is InChI=1S/C19H21ClF2N2O2/c1-13(15-4-3-5-16(20)10-15)24(2)12-18(25)23-11-14-6-8-17(9-7-14)26-19(21)22/h3-10,13,19H,11-12H2,1-2H3,(H,23,25). The summed E-state index contributed by atoms with van der Waals surface area (Å²) in [5.41, 5.74) is 1.83. The molecule has 2 aromatic rings. The summed E-state index contributed by atoms with van der Waals surface area (Å²) >= 11 is 6.01. The van der Waals surface area contributed by atoms with Crippen LogP contribution in [0.5, 0.6) is 5.75 Å². The first-order valence-electron chi connectivity index (χ1n) is 8.11. The van der Waals surface area contributed by atoms with E-state index in [0.29, 0.717) is 11.6 Å². The molecule has 0 radical (unpaired) electrons. The minimum Gasteiger partial charge on any atom is -0.435 e. The SMILES string of the molecule is CC(c1cccc(Cl)c1)N(C)CC(=O)NCc1ccc(OC(F)F)cc1. The Kier molecular flexibility index (Phi) is 7.36. The maximum atomic E-state index is 12.1. The van der Waals surface area contributed by atoms with Crippen molar-refractivity contribution < 1.29 is 18.3 Å². The molecule has 1 N–H and O–H groups in total. The fourth-order valence-electron chi connectivity index (χ4n) is 2.43. The van der Waals surface area contributed by atoms with E-state index in [4.69, 9.17) is 11.6 Å². The molecule has 0 aromatic heterocycles. The Balaban J connectivity index is 1.82. The van der Waals surface area contributed by atoms with E-state index in [9.17, 15) is 13.6 Å². The molecular weight excluding hydrogens is 362 g/mol. The molecule has 0 saturated heterocycles. The topological polar surface area (TPSA) is 41.6 Å². The summed E-state index contributed by atoms with van der Waals surface area (Å²) in [6.45, 7) is -0.314. The van der Waals surface area contributed by atoms with E-state index in [2.05, 4.69) is 10.1 Å². The molecule has 7 heteroatoms. The van der Waals surface area contributed by atoms with Crippen molar-refractivity contribution in [2.75, 3.05) is 13.6 Å². The molecule has 2 rings (SSSR count). The molecule has 0 aliphatic rings. The van der Waals surface area contributed by atoms with Gasteiger partial charge in [0.05, 0.1) is 6.54 Å². The van der Waals surface area contributed by atoms with Crippen molar-refractivity contribution in [2.45, 2.75) is 26.1 Å². The maximum Gasteiger partial charge on any atom is 0.387 e. The summed E-state index contributed by atoms with van der Waals surface area (Å²) in [4.78, 5) is 14.1. The zero-order valence-corrected chi connectivity index (χ0v) is 15.3. The second-order valence-corrected chi connectivity index (χ2v) is 6.38. The quantitative estimate of drug-likeness (QED) is 0.742. The Morgan fingerprint density at radius 1 is 1.23 bits per heavy atom. The molecule has 0 saturated carbocycles. The van der Waals surface area contributed by atoms with Crippen LogP contribution < -0.4 is 10.1 Å². The number of halogens is 3. The van der Waals surface area contributed by atoms with Gasteiger partial charge >= 0.3 is 6.61 Å². The average molecular weight is 383 g/mol. The summed E-state index contributed by atoms with van der Waals surface area (Å²) in [6, 6.07) is 13.7. The van der Waals surface area contributed by atoms with Crippen molar-refractivity contribution in [3.63, 3.8) is 0 Å². The lowest BCUT2D eigenvalue weighted by Gasteiger charge is -2.24. The van der Waals surface area contributed by atoms with E-state index in [1.165, 1.54) is 12.1 Å². The molecule has 26 heavy (non-hydrogen) atoms. The predicted molar refractivity (Wildman–Crippen MR) is 97.4 cm³/mol. The normalized spacial score (nSPS) is 12.3. The summed E-state index contributed by atoms with van der Waals surface area (Å²) in [6.07, 6.45) is 0. The third-order valence-electron chi connectivity index (χ3n) is 4.02. The highest BCUT2D eigenvalue weighted by atomic mass is 35.5. The van der Waals surface area contributed by atoms with Gasteiger partial charge < -0.3 is 10.1 Å². The first-order valence-corrected chi connectivity index (χ1v) is 8.49. The van der Waals surface area contributed by atoms with E-state index in [0.717, 1.165) is 11.1 Å². The van der Waals surface area contributed by atoms with E-state index >= 15 is 0 Å². The minimum atomic E-state index is -2.85. The Bertz CT molecular complexity index is 726. The summed E-state index contributed by atoms with van der Waals surface area (Å²) in [5.74, 6) is -0.0422. The Morgan fingerprint density at radius 3 is 2.54 bits per heavy atom. The number of nitrogens with one attached hydrogen (secondary N) is 1. The van der Waals surface area contributed by atoms with Crippen LogP contribution >= 0.6 is 11.6 Å². The van der Waals surface area contributed by atoms with Gasteiger partial charge in [-0.2, -0.15) is 8.78 Å². The predicted octanol–water partition coefficient (Wildman–Crippen LogP) is 4.25. The smallest absolute Gasteiger partial charge is 0.387 e. The third kappa shape index (κ3) is 6.28. The van der Waals surface area contributed by atoms with Gasteiger partial charge in [0.15, 0.2) is 0 Å². The summed E-state index contributed by atoms with van der Waals surface area (Å²) < 4.78 is 28.5. The largest absolute Gasteiger partial charge is 0.435 e.